The van der Waals surface area contributed by atoms with Crippen molar-refractivity contribution >= 4 is 0 Å². The molecule has 0 aliphatic heterocycles. The number of rotatable bonds is 7. The Labute approximate surface area is 141 Å². The molecule has 0 aliphatic carbocycles. The quantitative estimate of drug-likeness (QED) is 0.587. The van der Waals surface area contributed by atoms with Crippen LogP contribution in [0.15, 0.2) is 48.5 Å². The average Bonchev–Trinajstić information content (AvgIpc) is 2.57. The maximum atomic E-state index is 5.50. The summed E-state index contributed by atoms with van der Waals surface area (Å²) >= 11 is 0. The normalized spacial score (nSPS) is 9.74. The van der Waals surface area contributed by atoms with E-state index < -0.39 is 0 Å². The van der Waals surface area contributed by atoms with Crippen molar-refractivity contribution in [3.8, 4) is 11.5 Å². The van der Waals surface area contributed by atoms with Gasteiger partial charge >= 0.3 is 0 Å². The van der Waals surface area contributed by atoms with Crippen molar-refractivity contribution in [1.82, 2.24) is 0 Å². The Hall–Kier alpha value is -1.96. The first-order chi connectivity index (χ1) is 11.2. The lowest BCUT2D eigenvalue weighted by Crippen LogP contribution is -1.95. The molecule has 0 N–H and O–H groups in total. The monoisotopic (exact) mass is 314 g/mol. The maximum Gasteiger partial charge on any atom is 0.119 e. The molecule has 23 heavy (non-hydrogen) atoms. The summed E-state index contributed by atoms with van der Waals surface area (Å²) in [5.41, 5.74) is 2.55. The third-order valence-electron chi connectivity index (χ3n) is 3.28. The van der Waals surface area contributed by atoms with Gasteiger partial charge in [0.2, 0.25) is 0 Å². The fourth-order valence-electron chi connectivity index (χ4n) is 1.82. The van der Waals surface area contributed by atoms with Gasteiger partial charge in [0.1, 0.15) is 11.5 Å². The molecule has 0 atom stereocenters. The third-order valence-corrected chi connectivity index (χ3v) is 3.28. The Bertz CT molecular complexity index is 515. The number of aryl methyl sites for hydroxylation is 2. The Balaban J connectivity index is 0.000000231. The minimum atomic E-state index is 0.809. The molecule has 126 valence electrons. The lowest BCUT2D eigenvalue weighted by atomic mass is 10.2. The van der Waals surface area contributed by atoms with Crippen molar-refractivity contribution in [2.45, 2.75) is 47.0 Å². The van der Waals surface area contributed by atoms with Crippen LogP contribution in [0.25, 0.3) is 0 Å². The second-order valence-corrected chi connectivity index (χ2v) is 5.68. The minimum absolute atomic E-state index is 0.809. The molecule has 2 nitrogen and oxygen atoms in total. The zero-order valence-electron chi connectivity index (χ0n) is 15.0. The van der Waals surface area contributed by atoms with Gasteiger partial charge in [0, 0.05) is 0 Å². The summed E-state index contributed by atoms with van der Waals surface area (Å²) in [5, 5.41) is 0. The standard InChI is InChI=1S/C11H16O.C10H14O/c1-3-4-9-12-11-7-5-10(2)6-8-11;1-3-8-11-10-6-4-9(2)5-7-10/h5-8H,3-4,9H2,1-2H3;4-7H,3,8H2,1-2H3. The summed E-state index contributed by atoms with van der Waals surface area (Å²) < 4.78 is 10.9. The van der Waals surface area contributed by atoms with Crippen LogP contribution in [0.2, 0.25) is 0 Å². The molecule has 2 rings (SSSR count). The number of benzene rings is 2. The molecule has 0 spiro atoms. The Kier molecular flexibility index (Phi) is 9.62. The molecule has 0 saturated carbocycles. The van der Waals surface area contributed by atoms with E-state index >= 15 is 0 Å². The third kappa shape index (κ3) is 8.92. The van der Waals surface area contributed by atoms with Crippen LogP contribution < -0.4 is 9.47 Å². The molecule has 0 bridgehead atoms. The van der Waals surface area contributed by atoms with Gasteiger partial charge in [-0.05, 0) is 51.0 Å². The highest BCUT2D eigenvalue weighted by Gasteiger charge is 1.91. The first kappa shape index (κ1) is 19.1. The molecular formula is C21H30O2. The summed E-state index contributed by atoms with van der Waals surface area (Å²) in [6, 6.07) is 16.3. The zero-order valence-corrected chi connectivity index (χ0v) is 15.0. The van der Waals surface area contributed by atoms with Crippen LogP contribution in [-0.4, -0.2) is 13.2 Å². The van der Waals surface area contributed by atoms with Crippen molar-refractivity contribution in [1.29, 1.82) is 0 Å². The van der Waals surface area contributed by atoms with Gasteiger partial charge in [-0.25, -0.2) is 0 Å². The van der Waals surface area contributed by atoms with Gasteiger partial charge in [-0.3, -0.25) is 0 Å². The van der Waals surface area contributed by atoms with Crippen LogP contribution in [0.4, 0.5) is 0 Å². The van der Waals surface area contributed by atoms with E-state index in [4.69, 9.17) is 9.47 Å². The van der Waals surface area contributed by atoms with Crippen LogP contribution in [0.3, 0.4) is 0 Å². The summed E-state index contributed by atoms with van der Waals surface area (Å²) in [7, 11) is 0. The lowest BCUT2D eigenvalue weighted by molar-refractivity contribution is 0.309. The van der Waals surface area contributed by atoms with E-state index in [2.05, 4.69) is 52.0 Å². The largest absolute Gasteiger partial charge is 0.494 e. The highest BCUT2D eigenvalue weighted by molar-refractivity contribution is 5.26. The number of unbranched alkanes of at least 4 members (excludes halogenated alkanes) is 1. The summed E-state index contributed by atoms with van der Waals surface area (Å²) in [6.45, 7) is 10.1. The van der Waals surface area contributed by atoms with Gasteiger partial charge in [-0.1, -0.05) is 55.7 Å². The molecule has 2 heteroatoms. The summed E-state index contributed by atoms with van der Waals surface area (Å²) in [5.74, 6) is 1.95. The van der Waals surface area contributed by atoms with E-state index in [1.165, 1.54) is 17.5 Å². The van der Waals surface area contributed by atoms with Gasteiger partial charge in [0.05, 0.1) is 13.2 Å². The topological polar surface area (TPSA) is 18.5 Å². The van der Waals surface area contributed by atoms with Gasteiger partial charge in [-0.2, -0.15) is 0 Å². The van der Waals surface area contributed by atoms with E-state index in [1.807, 2.05) is 24.3 Å². The summed E-state index contributed by atoms with van der Waals surface area (Å²) in [4.78, 5) is 0. The van der Waals surface area contributed by atoms with E-state index in [0.717, 1.165) is 37.6 Å². The molecule has 0 aromatic heterocycles. The van der Waals surface area contributed by atoms with Crippen molar-refractivity contribution < 1.29 is 9.47 Å². The van der Waals surface area contributed by atoms with Crippen molar-refractivity contribution in [3.63, 3.8) is 0 Å². The SMILES string of the molecule is CCCCOc1ccc(C)cc1.CCCOc1ccc(C)cc1. The maximum absolute atomic E-state index is 5.50. The van der Waals surface area contributed by atoms with Crippen LogP contribution in [-0.2, 0) is 0 Å². The second-order valence-electron chi connectivity index (χ2n) is 5.68. The molecule has 0 amide bonds. The van der Waals surface area contributed by atoms with E-state index in [9.17, 15) is 0 Å². The van der Waals surface area contributed by atoms with Gasteiger partial charge < -0.3 is 9.47 Å². The predicted octanol–water partition coefficient (Wildman–Crippen LogP) is 5.96. The van der Waals surface area contributed by atoms with Crippen molar-refractivity contribution in [2.75, 3.05) is 13.2 Å². The van der Waals surface area contributed by atoms with Crippen molar-refractivity contribution in [2.24, 2.45) is 0 Å². The molecule has 0 unspecified atom stereocenters. The predicted molar refractivity (Wildman–Crippen MR) is 98.5 cm³/mol. The lowest BCUT2D eigenvalue weighted by Gasteiger charge is -2.04. The fourth-order valence-corrected chi connectivity index (χ4v) is 1.82. The van der Waals surface area contributed by atoms with Crippen molar-refractivity contribution in [3.05, 3.63) is 59.7 Å². The zero-order chi connectivity index (χ0) is 16.9. The van der Waals surface area contributed by atoms with Crippen LogP contribution in [0.1, 0.15) is 44.2 Å². The number of hydrogen-bond acceptors (Lipinski definition) is 2. The molecule has 2 aromatic rings. The number of ether oxygens (including phenoxy) is 2. The van der Waals surface area contributed by atoms with Gasteiger partial charge in [0.15, 0.2) is 0 Å². The van der Waals surface area contributed by atoms with Gasteiger partial charge in [0.25, 0.3) is 0 Å². The fraction of sp³-hybridized carbons (Fsp3) is 0.429. The van der Waals surface area contributed by atoms with Crippen LogP contribution in [0, 0.1) is 13.8 Å². The molecule has 0 heterocycles. The molecule has 0 saturated heterocycles. The van der Waals surface area contributed by atoms with Crippen LogP contribution >= 0.6 is 0 Å². The number of hydrogen-bond donors (Lipinski definition) is 0. The molecule has 0 aliphatic rings. The highest BCUT2D eigenvalue weighted by atomic mass is 16.5. The van der Waals surface area contributed by atoms with Gasteiger partial charge in [-0.15, -0.1) is 0 Å². The molecular weight excluding hydrogens is 284 g/mol. The smallest absolute Gasteiger partial charge is 0.119 e. The van der Waals surface area contributed by atoms with E-state index in [1.54, 1.807) is 0 Å². The molecule has 0 fully saturated rings. The Morgan fingerprint density at radius 1 is 0.609 bits per heavy atom. The second kappa shape index (κ2) is 11.6. The molecule has 0 radical (unpaired) electrons. The van der Waals surface area contributed by atoms with Crippen LogP contribution in [0.5, 0.6) is 11.5 Å². The Morgan fingerprint density at radius 3 is 1.43 bits per heavy atom. The highest BCUT2D eigenvalue weighted by Crippen LogP contribution is 2.12. The van der Waals surface area contributed by atoms with E-state index in [-0.39, 0.29) is 0 Å². The van der Waals surface area contributed by atoms with E-state index in [0.29, 0.717) is 0 Å². The first-order valence-corrected chi connectivity index (χ1v) is 8.54. The Morgan fingerprint density at radius 2 is 1.04 bits per heavy atom. The average molecular weight is 314 g/mol. The molecule has 2 aromatic carbocycles. The minimum Gasteiger partial charge on any atom is -0.494 e. The summed E-state index contributed by atoms with van der Waals surface area (Å²) in [6.07, 6.45) is 3.38. The first-order valence-electron chi connectivity index (χ1n) is 8.54.